The molecule has 1 aromatic carbocycles. The molecule has 18 heavy (non-hydrogen) atoms. The number of benzene rings is 1. The Morgan fingerprint density at radius 3 is 3.06 bits per heavy atom. The Balaban J connectivity index is 2.11. The van der Waals surface area contributed by atoms with Crippen molar-refractivity contribution in [2.75, 3.05) is 5.73 Å². The van der Waals surface area contributed by atoms with E-state index in [1.54, 1.807) is 5.38 Å². The summed E-state index contributed by atoms with van der Waals surface area (Å²) in [6, 6.07) is 5.81. The van der Waals surface area contributed by atoms with Crippen LogP contribution in [0.3, 0.4) is 0 Å². The number of anilines is 1. The molecule has 3 N–H and O–H groups in total. The SMILES string of the molecule is Nc1nc2cc(Br)ccc2n1Cc1csc(=O)[nH]1. The van der Waals surface area contributed by atoms with Crippen LogP contribution in [0.2, 0.25) is 0 Å². The van der Waals surface area contributed by atoms with E-state index in [0.29, 0.717) is 12.5 Å². The molecule has 3 aromatic rings. The van der Waals surface area contributed by atoms with Gasteiger partial charge in [-0.25, -0.2) is 4.98 Å². The summed E-state index contributed by atoms with van der Waals surface area (Å²) in [5, 5.41) is 1.80. The third-order valence-electron chi connectivity index (χ3n) is 2.64. The van der Waals surface area contributed by atoms with Crippen LogP contribution in [0.4, 0.5) is 5.95 Å². The lowest BCUT2D eigenvalue weighted by atomic mass is 10.3. The summed E-state index contributed by atoms with van der Waals surface area (Å²) in [6.07, 6.45) is 0. The largest absolute Gasteiger partial charge is 0.369 e. The van der Waals surface area contributed by atoms with Crippen LogP contribution < -0.4 is 10.6 Å². The highest BCUT2D eigenvalue weighted by Gasteiger charge is 2.09. The average Bonchev–Trinajstić information content (AvgIpc) is 2.84. The van der Waals surface area contributed by atoms with Gasteiger partial charge in [-0.1, -0.05) is 27.3 Å². The molecule has 0 radical (unpaired) electrons. The zero-order valence-corrected chi connectivity index (χ0v) is 11.6. The summed E-state index contributed by atoms with van der Waals surface area (Å²) in [6.45, 7) is 0.517. The molecule has 0 atom stereocenters. The number of nitrogens with one attached hydrogen (secondary N) is 1. The lowest BCUT2D eigenvalue weighted by Gasteiger charge is -2.04. The molecule has 92 valence electrons. The first-order chi connectivity index (χ1) is 8.63. The number of hydrogen-bond acceptors (Lipinski definition) is 4. The maximum Gasteiger partial charge on any atom is 0.304 e. The Morgan fingerprint density at radius 1 is 1.50 bits per heavy atom. The maximum atomic E-state index is 11.1. The monoisotopic (exact) mass is 324 g/mol. The van der Waals surface area contributed by atoms with Gasteiger partial charge in [0.15, 0.2) is 0 Å². The van der Waals surface area contributed by atoms with Crippen LogP contribution in [0, 0.1) is 0 Å². The molecule has 7 heteroatoms. The van der Waals surface area contributed by atoms with E-state index in [9.17, 15) is 4.79 Å². The molecule has 0 unspecified atom stereocenters. The first-order valence-electron chi connectivity index (χ1n) is 5.21. The van der Waals surface area contributed by atoms with E-state index >= 15 is 0 Å². The Labute approximate surface area is 114 Å². The van der Waals surface area contributed by atoms with Gasteiger partial charge in [0.2, 0.25) is 5.95 Å². The summed E-state index contributed by atoms with van der Waals surface area (Å²) in [5.74, 6) is 0.440. The second-order valence-electron chi connectivity index (χ2n) is 3.86. The van der Waals surface area contributed by atoms with Crippen molar-refractivity contribution in [2.24, 2.45) is 0 Å². The summed E-state index contributed by atoms with van der Waals surface area (Å²) < 4.78 is 2.84. The highest BCUT2D eigenvalue weighted by Crippen LogP contribution is 2.22. The van der Waals surface area contributed by atoms with Crippen molar-refractivity contribution in [3.8, 4) is 0 Å². The minimum absolute atomic E-state index is 0.0595. The number of rotatable bonds is 2. The van der Waals surface area contributed by atoms with Crippen LogP contribution in [0.25, 0.3) is 11.0 Å². The van der Waals surface area contributed by atoms with Crippen molar-refractivity contribution >= 4 is 44.2 Å². The standard InChI is InChI=1S/C11H9BrN4OS/c12-6-1-2-9-8(3-6)15-10(13)16(9)4-7-5-18-11(17)14-7/h1-3,5H,4H2,(H2,13,15)(H,14,17). The highest BCUT2D eigenvalue weighted by molar-refractivity contribution is 9.10. The predicted octanol–water partition coefficient (Wildman–Crippen LogP) is 2.18. The van der Waals surface area contributed by atoms with E-state index in [1.165, 1.54) is 0 Å². The molecule has 0 bridgehead atoms. The third-order valence-corrected chi connectivity index (χ3v) is 3.85. The van der Waals surface area contributed by atoms with Gasteiger partial charge in [-0.15, -0.1) is 0 Å². The normalized spacial score (nSPS) is 11.2. The van der Waals surface area contributed by atoms with Gasteiger partial charge in [0, 0.05) is 15.5 Å². The molecule has 2 aromatic heterocycles. The van der Waals surface area contributed by atoms with Gasteiger partial charge >= 0.3 is 4.87 Å². The molecule has 0 aliphatic heterocycles. The van der Waals surface area contributed by atoms with Crippen LogP contribution in [-0.2, 0) is 6.54 Å². The molecule has 3 rings (SSSR count). The van der Waals surface area contributed by atoms with E-state index in [4.69, 9.17) is 5.73 Å². The van der Waals surface area contributed by atoms with E-state index in [2.05, 4.69) is 25.9 Å². The number of hydrogen-bond donors (Lipinski definition) is 2. The maximum absolute atomic E-state index is 11.1. The van der Waals surface area contributed by atoms with Crippen molar-refractivity contribution in [3.63, 3.8) is 0 Å². The van der Waals surface area contributed by atoms with Crippen molar-refractivity contribution < 1.29 is 0 Å². The van der Waals surface area contributed by atoms with Crippen LogP contribution in [-0.4, -0.2) is 14.5 Å². The van der Waals surface area contributed by atoms with Gasteiger partial charge in [-0.2, -0.15) is 0 Å². The number of H-pyrrole nitrogens is 1. The molecule has 0 saturated heterocycles. The minimum Gasteiger partial charge on any atom is -0.369 e. The van der Waals surface area contributed by atoms with Gasteiger partial charge in [0.1, 0.15) is 0 Å². The zero-order valence-electron chi connectivity index (χ0n) is 9.18. The molecule has 0 spiro atoms. The molecular formula is C11H9BrN4OS. The second-order valence-corrected chi connectivity index (χ2v) is 5.62. The van der Waals surface area contributed by atoms with Gasteiger partial charge in [0.05, 0.1) is 17.6 Å². The number of halogens is 1. The topological polar surface area (TPSA) is 76.7 Å². The van der Waals surface area contributed by atoms with Crippen LogP contribution in [0.1, 0.15) is 5.69 Å². The number of aromatic nitrogens is 3. The van der Waals surface area contributed by atoms with E-state index < -0.39 is 0 Å². The summed E-state index contributed by atoms with van der Waals surface area (Å²) in [7, 11) is 0. The Kier molecular flexibility index (Phi) is 2.71. The van der Waals surface area contributed by atoms with Gasteiger partial charge in [0.25, 0.3) is 0 Å². The molecule has 0 aliphatic rings. The molecule has 0 amide bonds. The predicted molar refractivity (Wildman–Crippen MR) is 75.9 cm³/mol. The summed E-state index contributed by atoms with van der Waals surface area (Å²) in [4.78, 5) is 18.1. The lowest BCUT2D eigenvalue weighted by molar-refractivity contribution is 0.814. The number of fused-ring (bicyclic) bond motifs is 1. The Bertz CT molecular complexity index is 773. The number of nitrogens with two attached hydrogens (primary N) is 1. The fraction of sp³-hybridized carbons (Fsp3) is 0.0909. The number of aromatic amines is 1. The number of thiazole rings is 1. The summed E-state index contributed by atoms with van der Waals surface area (Å²) >= 11 is 4.55. The molecule has 0 saturated carbocycles. The molecule has 0 aliphatic carbocycles. The van der Waals surface area contributed by atoms with Crippen LogP contribution >= 0.6 is 27.3 Å². The number of imidazole rings is 1. The summed E-state index contributed by atoms with van der Waals surface area (Å²) in [5.41, 5.74) is 8.52. The average molecular weight is 325 g/mol. The van der Waals surface area contributed by atoms with Crippen molar-refractivity contribution in [2.45, 2.75) is 6.54 Å². The lowest BCUT2D eigenvalue weighted by Crippen LogP contribution is -2.06. The number of nitrogen functional groups attached to an aromatic ring is 1. The quantitative estimate of drug-likeness (QED) is 0.758. The number of nitrogens with zero attached hydrogens (tertiary/aromatic N) is 2. The smallest absolute Gasteiger partial charge is 0.304 e. The van der Waals surface area contributed by atoms with Crippen molar-refractivity contribution in [1.82, 2.24) is 14.5 Å². The van der Waals surface area contributed by atoms with Crippen LogP contribution in [0.15, 0.2) is 32.8 Å². The van der Waals surface area contributed by atoms with E-state index in [1.807, 2.05) is 22.8 Å². The fourth-order valence-corrected chi connectivity index (χ4v) is 2.77. The van der Waals surface area contributed by atoms with Gasteiger partial charge in [-0.3, -0.25) is 4.79 Å². The van der Waals surface area contributed by atoms with Crippen molar-refractivity contribution in [3.05, 3.63) is 43.4 Å². The van der Waals surface area contributed by atoms with Crippen molar-refractivity contribution in [1.29, 1.82) is 0 Å². The molecule has 0 fully saturated rings. The van der Waals surface area contributed by atoms with Crippen LogP contribution in [0.5, 0.6) is 0 Å². The minimum atomic E-state index is -0.0595. The first kappa shape index (κ1) is 11.5. The first-order valence-corrected chi connectivity index (χ1v) is 6.89. The molecule has 2 heterocycles. The zero-order chi connectivity index (χ0) is 12.7. The Hall–Kier alpha value is -1.60. The highest BCUT2D eigenvalue weighted by atomic mass is 79.9. The van der Waals surface area contributed by atoms with E-state index in [0.717, 1.165) is 32.5 Å². The van der Waals surface area contributed by atoms with E-state index in [-0.39, 0.29) is 4.87 Å². The Morgan fingerprint density at radius 2 is 2.33 bits per heavy atom. The van der Waals surface area contributed by atoms with Gasteiger partial charge in [-0.05, 0) is 18.2 Å². The molecule has 5 nitrogen and oxygen atoms in total. The fourth-order valence-electron chi connectivity index (χ4n) is 1.85. The third kappa shape index (κ3) is 1.95. The second kappa shape index (κ2) is 4.25. The van der Waals surface area contributed by atoms with Gasteiger partial charge < -0.3 is 15.3 Å². The molecular weight excluding hydrogens is 316 g/mol.